The summed E-state index contributed by atoms with van der Waals surface area (Å²) in [5, 5.41) is 5.86. The van der Waals surface area contributed by atoms with Crippen LogP contribution >= 0.6 is 22.7 Å². The number of benzene rings is 1. The van der Waals surface area contributed by atoms with E-state index in [4.69, 9.17) is 4.74 Å². The minimum Gasteiger partial charge on any atom is -0.454 e. The molecule has 0 unspecified atom stereocenters. The molecule has 0 saturated carbocycles. The average Bonchev–Trinajstić information content (AvgIpc) is 3.24. The standard InChI is InChI=1S/C17H13F2N3O4S2/c1-9-7-28-17(25)22(9)5-15(24)26-6-14(23)21-16-20-13(8-27-16)10-2-3-11(18)12(19)4-10/h2-4,7-8H,5-6H2,1H3,(H,20,21,23). The van der Waals surface area contributed by atoms with E-state index in [0.29, 0.717) is 17.0 Å². The number of hydrogen-bond acceptors (Lipinski definition) is 7. The lowest BCUT2D eigenvalue weighted by atomic mass is 10.2. The molecule has 0 fully saturated rings. The minimum absolute atomic E-state index is 0.214. The van der Waals surface area contributed by atoms with Crippen LogP contribution in [0.25, 0.3) is 11.3 Å². The van der Waals surface area contributed by atoms with E-state index < -0.39 is 30.1 Å². The molecule has 11 heteroatoms. The van der Waals surface area contributed by atoms with Crippen molar-refractivity contribution < 1.29 is 23.1 Å². The van der Waals surface area contributed by atoms with Crippen molar-refractivity contribution in [3.8, 4) is 11.3 Å². The second kappa shape index (κ2) is 8.40. The number of rotatable bonds is 6. The monoisotopic (exact) mass is 425 g/mol. The minimum atomic E-state index is -0.997. The molecular formula is C17H13F2N3O4S2. The SMILES string of the molecule is Cc1csc(=O)n1CC(=O)OCC(=O)Nc1nc(-c2ccc(F)c(F)c2)cs1. The van der Waals surface area contributed by atoms with E-state index in [1.807, 2.05) is 0 Å². The van der Waals surface area contributed by atoms with Gasteiger partial charge in [-0.05, 0) is 25.1 Å². The summed E-state index contributed by atoms with van der Waals surface area (Å²) in [5.74, 6) is -3.30. The van der Waals surface area contributed by atoms with Gasteiger partial charge in [-0.2, -0.15) is 0 Å². The zero-order valence-electron chi connectivity index (χ0n) is 14.4. The summed E-state index contributed by atoms with van der Waals surface area (Å²) in [7, 11) is 0. The molecule has 0 saturated heterocycles. The van der Waals surface area contributed by atoms with Crippen LogP contribution in [0.4, 0.5) is 13.9 Å². The van der Waals surface area contributed by atoms with Gasteiger partial charge in [0.15, 0.2) is 23.4 Å². The van der Waals surface area contributed by atoms with E-state index in [0.717, 1.165) is 34.8 Å². The van der Waals surface area contributed by atoms with Gasteiger partial charge in [-0.25, -0.2) is 13.8 Å². The number of nitrogens with one attached hydrogen (secondary N) is 1. The van der Waals surface area contributed by atoms with Crippen molar-refractivity contribution in [3.63, 3.8) is 0 Å². The highest BCUT2D eigenvalue weighted by Gasteiger charge is 2.14. The number of aromatic nitrogens is 2. The van der Waals surface area contributed by atoms with Gasteiger partial charge in [-0.3, -0.25) is 24.3 Å². The van der Waals surface area contributed by atoms with Crippen molar-refractivity contribution in [2.24, 2.45) is 0 Å². The number of esters is 1. The molecule has 2 aromatic heterocycles. The number of carbonyl (C=O) groups excluding carboxylic acids is 2. The molecular weight excluding hydrogens is 412 g/mol. The first kappa shape index (κ1) is 19.8. The molecule has 0 aliphatic rings. The van der Waals surface area contributed by atoms with Crippen LogP contribution < -0.4 is 10.2 Å². The van der Waals surface area contributed by atoms with E-state index >= 15 is 0 Å². The summed E-state index contributed by atoms with van der Waals surface area (Å²) in [6.45, 7) is 0.862. The molecule has 0 aliphatic heterocycles. The number of aryl methyl sites for hydroxylation is 1. The Balaban J connectivity index is 1.54. The number of anilines is 1. The quantitative estimate of drug-likeness (QED) is 0.614. The number of thiazole rings is 2. The Morgan fingerprint density at radius 2 is 2.00 bits per heavy atom. The van der Waals surface area contributed by atoms with Crippen molar-refractivity contribution in [3.05, 3.63) is 56.0 Å². The van der Waals surface area contributed by atoms with E-state index in [-0.39, 0.29) is 16.5 Å². The molecule has 0 atom stereocenters. The molecule has 0 spiro atoms. The maximum absolute atomic E-state index is 13.3. The van der Waals surface area contributed by atoms with Crippen LogP contribution in [0.5, 0.6) is 0 Å². The van der Waals surface area contributed by atoms with Crippen molar-refractivity contribution in [2.75, 3.05) is 11.9 Å². The van der Waals surface area contributed by atoms with Gasteiger partial charge in [0.05, 0.1) is 5.69 Å². The summed E-state index contributed by atoms with van der Waals surface area (Å²) < 4.78 is 32.4. The number of carbonyl (C=O) groups is 2. The summed E-state index contributed by atoms with van der Waals surface area (Å²) in [5.41, 5.74) is 1.35. The fourth-order valence-electron chi connectivity index (χ4n) is 2.19. The molecule has 0 radical (unpaired) electrons. The van der Waals surface area contributed by atoms with Gasteiger partial charge in [-0.15, -0.1) is 11.3 Å². The van der Waals surface area contributed by atoms with Gasteiger partial charge in [-0.1, -0.05) is 11.3 Å². The van der Waals surface area contributed by atoms with Gasteiger partial charge >= 0.3 is 10.8 Å². The van der Waals surface area contributed by atoms with Gasteiger partial charge < -0.3 is 4.74 Å². The first-order valence-electron chi connectivity index (χ1n) is 7.85. The second-order valence-electron chi connectivity index (χ2n) is 5.60. The maximum atomic E-state index is 13.3. The lowest BCUT2D eigenvalue weighted by Crippen LogP contribution is -2.26. The molecule has 0 aliphatic carbocycles. The molecule has 1 aromatic carbocycles. The Hall–Kier alpha value is -2.92. The third kappa shape index (κ3) is 4.67. The van der Waals surface area contributed by atoms with Crippen LogP contribution in [-0.2, 0) is 20.9 Å². The lowest BCUT2D eigenvalue weighted by molar-refractivity contribution is -0.147. The Morgan fingerprint density at radius 3 is 2.68 bits per heavy atom. The number of hydrogen-bond donors (Lipinski definition) is 1. The molecule has 1 amide bonds. The van der Waals surface area contributed by atoms with E-state index in [9.17, 15) is 23.2 Å². The molecule has 146 valence electrons. The van der Waals surface area contributed by atoms with Crippen LogP contribution in [0.15, 0.2) is 33.8 Å². The largest absolute Gasteiger partial charge is 0.454 e. The van der Waals surface area contributed by atoms with E-state index in [2.05, 4.69) is 10.3 Å². The third-order valence-electron chi connectivity index (χ3n) is 3.59. The summed E-state index contributed by atoms with van der Waals surface area (Å²) in [4.78, 5) is 39.1. The number of halogens is 2. The van der Waals surface area contributed by atoms with Crippen LogP contribution in [0.3, 0.4) is 0 Å². The zero-order valence-corrected chi connectivity index (χ0v) is 16.0. The summed E-state index contributed by atoms with van der Waals surface area (Å²) in [6, 6.07) is 3.36. The second-order valence-corrected chi connectivity index (χ2v) is 7.28. The highest BCUT2D eigenvalue weighted by Crippen LogP contribution is 2.26. The van der Waals surface area contributed by atoms with Gasteiger partial charge in [0.25, 0.3) is 5.91 Å². The fraction of sp³-hybridized carbons (Fsp3) is 0.176. The topological polar surface area (TPSA) is 90.3 Å². The van der Waals surface area contributed by atoms with Gasteiger partial charge in [0.1, 0.15) is 6.54 Å². The van der Waals surface area contributed by atoms with Crippen molar-refractivity contribution in [1.82, 2.24) is 9.55 Å². The van der Waals surface area contributed by atoms with Crippen LogP contribution in [0.1, 0.15) is 5.69 Å². The van der Waals surface area contributed by atoms with E-state index in [1.165, 1.54) is 10.6 Å². The first-order chi connectivity index (χ1) is 13.3. The van der Waals surface area contributed by atoms with Crippen molar-refractivity contribution in [2.45, 2.75) is 13.5 Å². The Bertz CT molecular complexity index is 1090. The molecule has 7 nitrogen and oxygen atoms in total. The zero-order chi connectivity index (χ0) is 20.3. The maximum Gasteiger partial charge on any atom is 0.326 e. The summed E-state index contributed by atoms with van der Waals surface area (Å²) >= 11 is 2.05. The molecule has 1 N–H and O–H groups in total. The number of amides is 1. The molecule has 2 heterocycles. The molecule has 3 aromatic rings. The number of nitrogens with zero attached hydrogens (tertiary/aromatic N) is 2. The van der Waals surface area contributed by atoms with Gasteiger partial charge in [0.2, 0.25) is 0 Å². The van der Waals surface area contributed by atoms with Crippen molar-refractivity contribution >= 4 is 39.7 Å². The van der Waals surface area contributed by atoms with Crippen LogP contribution in [0.2, 0.25) is 0 Å². The highest BCUT2D eigenvalue weighted by atomic mass is 32.1. The van der Waals surface area contributed by atoms with Gasteiger partial charge in [0, 0.05) is 22.0 Å². The molecule has 28 heavy (non-hydrogen) atoms. The van der Waals surface area contributed by atoms with Crippen LogP contribution in [-0.4, -0.2) is 28.0 Å². The fourth-order valence-corrected chi connectivity index (χ4v) is 3.66. The Morgan fingerprint density at radius 1 is 1.21 bits per heavy atom. The first-order valence-corrected chi connectivity index (χ1v) is 9.61. The molecule has 0 bridgehead atoms. The predicted octanol–water partition coefficient (Wildman–Crippen LogP) is 2.80. The van der Waals surface area contributed by atoms with Crippen LogP contribution in [0, 0.1) is 18.6 Å². The lowest BCUT2D eigenvalue weighted by Gasteiger charge is -2.06. The third-order valence-corrected chi connectivity index (χ3v) is 5.23. The average molecular weight is 425 g/mol. The smallest absolute Gasteiger partial charge is 0.326 e. The Labute approximate surface area is 165 Å². The van der Waals surface area contributed by atoms with Crippen molar-refractivity contribution in [1.29, 1.82) is 0 Å². The predicted molar refractivity (Wildman–Crippen MR) is 100 cm³/mol. The van der Waals surface area contributed by atoms with E-state index in [1.54, 1.807) is 17.7 Å². The molecule has 3 rings (SSSR count). The summed E-state index contributed by atoms with van der Waals surface area (Å²) in [6.07, 6.45) is 0. The Kier molecular flexibility index (Phi) is 5.95. The highest BCUT2D eigenvalue weighted by molar-refractivity contribution is 7.14. The normalized spacial score (nSPS) is 10.7. The number of ether oxygens (including phenoxy) is 1.